The summed E-state index contributed by atoms with van der Waals surface area (Å²) in [5.41, 5.74) is 0. The molecule has 0 atom stereocenters. The van der Waals surface area contributed by atoms with Crippen molar-refractivity contribution in [2.24, 2.45) is 16.8 Å². The maximum Gasteiger partial charge on any atom is 0.191 e. The molecule has 3 heteroatoms. The van der Waals surface area contributed by atoms with Gasteiger partial charge in [-0.25, -0.2) is 0 Å². The predicted octanol–water partition coefficient (Wildman–Crippen LogP) is 2.92. The van der Waals surface area contributed by atoms with E-state index < -0.39 is 0 Å². The lowest BCUT2D eigenvalue weighted by Crippen LogP contribution is -2.46. The quantitative estimate of drug-likeness (QED) is 0.595. The van der Waals surface area contributed by atoms with Crippen molar-refractivity contribution in [2.75, 3.05) is 6.54 Å². The summed E-state index contributed by atoms with van der Waals surface area (Å²) in [5, 5.41) is 7.14. The zero-order valence-electron chi connectivity index (χ0n) is 12.2. The second-order valence-corrected chi connectivity index (χ2v) is 6.24. The first kappa shape index (κ1) is 13.7. The Morgan fingerprint density at radius 1 is 1.00 bits per heavy atom. The molecule has 2 N–H and O–H groups in total. The summed E-state index contributed by atoms with van der Waals surface area (Å²) in [7, 11) is 0. The summed E-state index contributed by atoms with van der Waals surface area (Å²) in [6.45, 7) is 7.68. The SMILES string of the molecule is CCN=C(NC1CC1)NC1CCC(C(C)C)CC1. The van der Waals surface area contributed by atoms with Gasteiger partial charge in [0, 0.05) is 18.6 Å². The third-order valence-electron chi connectivity index (χ3n) is 4.29. The molecule has 2 fully saturated rings. The van der Waals surface area contributed by atoms with Crippen molar-refractivity contribution < 1.29 is 0 Å². The first-order valence-electron chi connectivity index (χ1n) is 7.76. The molecule has 0 unspecified atom stereocenters. The van der Waals surface area contributed by atoms with Crippen LogP contribution in [0.1, 0.15) is 59.3 Å². The fourth-order valence-electron chi connectivity index (χ4n) is 2.84. The zero-order valence-corrected chi connectivity index (χ0v) is 12.2. The summed E-state index contributed by atoms with van der Waals surface area (Å²) in [6, 6.07) is 1.33. The monoisotopic (exact) mass is 251 g/mol. The van der Waals surface area contributed by atoms with E-state index in [-0.39, 0.29) is 0 Å². The summed E-state index contributed by atoms with van der Waals surface area (Å²) in [4.78, 5) is 4.55. The lowest BCUT2D eigenvalue weighted by atomic mass is 9.80. The Balaban J connectivity index is 1.76. The largest absolute Gasteiger partial charge is 0.354 e. The van der Waals surface area contributed by atoms with Gasteiger partial charge in [-0.3, -0.25) is 4.99 Å². The molecule has 18 heavy (non-hydrogen) atoms. The van der Waals surface area contributed by atoms with Crippen molar-refractivity contribution >= 4 is 5.96 Å². The normalized spacial score (nSPS) is 29.4. The molecule has 0 spiro atoms. The fourth-order valence-corrected chi connectivity index (χ4v) is 2.84. The second-order valence-electron chi connectivity index (χ2n) is 6.24. The van der Waals surface area contributed by atoms with Crippen LogP contribution < -0.4 is 10.6 Å². The van der Waals surface area contributed by atoms with Crippen molar-refractivity contribution in [3.8, 4) is 0 Å². The van der Waals surface area contributed by atoms with Crippen LogP contribution in [0.4, 0.5) is 0 Å². The molecule has 0 aromatic carbocycles. The third-order valence-corrected chi connectivity index (χ3v) is 4.29. The van der Waals surface area contributed by atoms with Gasteiger partial charge < -0.3 is 10.6 Å². The van der Waals surface area contributed by atoms with Crippen LogP contribution in [-0.4, -0.2) is 24.6 Å². The molecule has 0 amide bonds. The van der Waals surface area contributed by atoms with Crippen molar-refractivity contribution in [3.63, 3.8) is 0 Å². The standard InChI is InChI=1S/C15H29N3/c1-4-16-15(18-14-9-10-14)17-13-7-5-12(6-8-13)11(2)3/h11-14H,4-10H2,1-3H3,(H2,16,17,18). The first-order chi connectivity index (χ1) is 8.69. The molecule has 0 aromatic heterocycles. The highest BCUT2D eigenvalue weighted by Gasteiger charge is 2.26. The van der Waals surface area contributed by atoms with Gasteiger partial charge in [0.25, 0.3) is 0 Å². The van der Waals surface area contributed by atoms with Gasteiger partial charge in [0.2, 0.25) is 0 Å². The summed E-state index contributed by atoms with van der Waals surface area (Å²) >= 11 is 0. The minimum Gasteiger partial charge on any atom is -0.354 e. The van der Waals surface area contributed by atoms with E-state index in [1.54, 1.807) is 0 Å². The van der Waals surface area contributed by atoms with Crippen LogP contribution in [0.3, 0.4) is 0 Å². The van der Waals surface area contributed by atoms with Crippen LogP contribution in [0.2, 0.25) is 0 Å². The van der Waals surface area contributed by atoms with Gasteiger partial charge in [-0.15, -0.1) is 0 Å². The van der Waals surface area contributed by atoms with Gasteiger partial charge in [-0.1, -0.05) is 13.8 Å². The summed E-state index contributed by atoms with van der Waals surface area (Å²) in [6.07, 6.45) is 7.97. The summed E-state index contributed by atoms with van der Waals surface area (Å²) in [5.74, 6) is 2.83. The van der Waals surface area contributed by atoms with Crippen LogP contribution in [0, 0.1) is 11.8 Å². The van der Waals surface area contributed by atoms with E-state index in [2.05, 4.69) is 36.4 Å². The van der Waals surface area contributed by atoms with Crippen LogP contribution >= 0.6 is 0 Å². The van der Waals surface area contributed by atoms with E-state index >= 15 is 0 Å². The van der Waals surface area contributed by atoms with Gasteiger partial charge >= 0.3 is 0 Å². The van der Waals surface area contributed by atoms with E-state index in [0.29, 0.717) is 12.1 Å². The first-order valence-corrected chi connectivity index (χ1v) is 7.76. The molecule has 104 valence electrons. The molecular weight excluding hydrogens is 222 g/mol. The number of rotatable bonds is 4. The predicted molar refractivity (Wildman–Crippen MR) is 77.9 cm³/mol. The molecular formula is C15H29N3. The van der Waals surface area contributed by atoms with Crippen molar-refractivity contribution in [2.45, 2.75) is 71.4 Å². The number of hydrogen-bond donors (Lipinski definition) is 2. The molecule has 2 aliphatic rings. The van der Waals surface area contributed by atoms with Crippen molar-refractivity contribution in [1.29, 1.82) is 0 Å². The van der Waals surface area contributed by atoms with E-state index in [0.717, 1.165) is 24.3 Å². The fraction of sp³-hybridized carbons (Fsp3) is 0.933. The van der Waals surface area contributed by atoms with Crippen LogP contribution in [0.15, 0.2) is 4.99 Å². The minimum absolute atomic E-state index is 0.636. The Morgan fingerprint density at radius 3 is 1.89 bits per heavy atom. The topological polar surface area (TPSA) is 36.4 Å². The Kier molecular flexibility index (Phi) is 4.90. The van der Waals surface area contributed by atoms with Gasteiger partial charge in [0.1, 0.15) is 0 Å². The van der Waals surface area contributed by atoms with Crippen molar-refractivity contribution in [3.05, 3.63) is 0 Å². The molecule has 0 radical (unpaired) electrons. The Labute approximate surface area is 112 Å². The highest BCUT2D eigenvalue weighted by atomic mass is 15.2. The molecule has 2 saturated carbocycles. The van der Waals surface area contributed by atoms with Gasteiger partial charge in [0.15, 0.2) is 5.96 Å². The third kappa shape index (κ3) is 4.18. The van der Waals surface area contributed by atoms with Crippen molar-refractivity contribution in [1.82, 2.24) is 10.6 Å². The molecule has 2 aliphatic carbocycles. The smallest absolute Gasteiger partial charge is 0.191 e. The Morgan fingerprint density at radius 2 is 1.50 bits per heavy atom. The lowest BCUT2D eigenvalue weighted by molar-refractivity contribution is 0.250. The van der Waals surface area contributed by atoms with E-state index in [4.69, 9.17) is 0 Å². The highest BCUT2D eigenvalue weighted by Crippen LogP contribution is 2.29. The second kappa shape index (κ2) is 6.44. The number of nitrogens with one attached hydrogen (secondary N) is 2. The Bertz CT molecular complexity index is 273. The number of guanidine groups is 1. The number of nitrogens with zero attached hydrogens (tertiary/aromatic N) is 1. The molecule has 2 rings (SSSR count). The average Bonchev–Trinajstić information content (AvgIpc) is 3.14. The molecule has 0 heterocycles. The van der Waals surface area contributed by atoms with Crippen LogP contribution in [0.5, 0.6) is 0 Å². The van der Waals surface area contributed by atoms with E-state index in [1.165, 1.54) is 38.5 Å². The maximum atomic E-state index is 4.55. The average molecular weight is 251 g/mol. The van der Waals surface area contributed by atoms with Gasteiger partial charge in [-0.2, -0.15) is 0 Å². The van der Waals surface area contributed by atoms with E-state index in [9.17, 15) is 0 Å². The molecule has 0 aliphatic heterocycles. The summed E-state index contributed by atoms with van der Waals surface area (Å²) < 4.78 is 0. The molecule has 3 nitrogen and oxygen atoms in total. The van der Waals surface area contributed by atoms with Crippen LogP contribution in [0.25, 0.3) is 0 Å². The number of hydrogen-bond acceptors (Lipinski definition) is 1. The Hall–Kier alpha value is -0.730. The zero-order chi connectivity index (χ0) is 13.0. The van der Waals surface area contributed by atoms with Crippen LogP contribution in [-0.2, 0) is 0 Å². The minimum atomic E-state index is 0.636. The lowest BCUT2D eigenvalue weighted by Gasteiger charge is -2.32. The van der Waals surface area contributed by atoms with Gasteiger partial charge in [0.05, 0.1) is 0 Å². The molecule has 0 saturated heterocycles. The van der Waals surface area contributed by atoms with Gasteiger partial charge in [-0.05, 0) is 57.3 Å². The molecule has 0 aromatic rings. The maximum absolute atomic E-state index is 4.55. The molecule has 0 bridgehead atoms. The highest BCUT2D eigenvalue weighted by molar-refractivity contribution is 5.80. The van der Waals surface area contributed by atoms with E-state index in [1.807, 2.05) is 0 Å². The number of aliphatic imine (C=N–C) groups is 1.